The molecule has 1 fully saturated rings. The minimum atomic E-state index is -1.15. The Bertz CT molecular complexity index is 952. The molecule has 1 aliphatic carbocycles. The second-order valence-corrected chi connectivity index (χ2v) is 8.01. The molecule has 4 rings (SSSR count). The average Bonchev–Trinajstić information content (AvgIpc) is 3.33. The van der Waals surface area contributed by atoms with Crippen molar-refractivity contribution < 1.29 is 14.6 Å². The van der Waals surface area contributed by atoms with Crippen LogP contribution >= 0.6 is 11.3 Å². The van der Waals surface area contributed by atoms with Crippen LogP contribution in [0, 0.1) is 5.92 Å². The molecule has 0 spiro atoms. The van der Waals surface area contributed by atoms with E-state index < -0.39 is 11.5 Å². The quantitative estimate of drug-likeness (QED) is 0.655. The molecule has 7 heteroatoms. The van der Waals surface area contributed by atoms with Crippen LogP contribution in [0.25, 0.3) is 10.9 Å². The van der Waals surface area contributed by atoms with E-state index in [0.29, 0.717) is 23.9 Å². The van der Waals surface area contributed by atoms with Gasteiger partial charge in [-0.2, -0.15) is 4.98 Å². The van der Waals surface area contributed by atoms with Crippen molar-refractivity contribution in [1.82, 2.24) is 15.3 Å². The monoisotopic (exact) mass is 383 g/mol. The number of hydrogen-bond donors (Lipinski definition) is 2. The molecule has 3 aromatic rings. The molecule has 1 saturated carbocycles. The number of carbonyl (C=O) groups is 1. The molecule has 2 N–H and O–H groups in total. The zero-order valence-corrected chi connectivity index (χ0v) is 15.8. The SMILES string of the molecule is C[C@](O)(CNC(=O)c1nc(OCC2CC2)c2ccccc2n1)c1cccs1. The highest BCUT2D eigenvalue weighted by molar-refractivity contribution is 7.10. The van der Waals surface area contributed by atoms with Crippen molar-refractivity contribution in [3.63, 3.8) is 0 Å². The summed E-state index contributed by atoms with van der Waals surface area (Å²) in [5.74, 6) is 0.620. The third-order valence-electron chi connectivity index (χ3n) is 4.57. The van der Waals surface area contributed by atoms with Crippen molar-refractivity contribution in [3.05, 3.63) is 52.5 Å². The van der Waals surface area contributed by atoms with Crippen LogP contribution in [0.15, 0.2) is 41.8 Å². The summed E-state index contributed by atoms with van der Waals surface area (Å²) in [5.41, 5.74) is -0.486. The lowest BCUT2D eigenvalue weighted by atomic mass is 10.1. The van der Waals surface area contributed by atoms with Crippen LogP contribution in [-0.4, -0.2) is 34.1 Å². The molecule has 1 atom stereocenters. The van der Waals surface area contributed by atoms with Gasteiger partial charge in [0.2, 0.25) is 11.7 Å². The molecule has 140 valence electrons. The summed E-state index contributed by atoms with van der Waals surface area (Å²) in [6.45, 7) is 2.35. The first-order valence-corrected chi connectivity index (χ1v) is 9.85. The molecular formula is C20H21N3O3S. The minimum absolute atomic E-state index is 0.0430. The fourth-order valence-corrected chi connectivity index (χ4v) is 3.53. The largest absolute Gasteiger partial charge is 0.477 e. The topological polar surface area (TPSA) is 84.3 Å². The Morgan fingerprint density at radius 2 is 2.11 bits per heavy atom. The van der Waals surface area contributed by atoms with Crippen molar-refractivity contribution in [3.8, 4) is 5.88 Å². The van der Waals surface area contributed by atoms with Gasteiger partial charge in [0.15, 0.2) is 0 Å². The smallest absolute Gasteiger partial charge is 0.289 e. The Balaban J connectivity index is 1.54. The average molecular weight is 383 g/mol. The van der Waals surface area contributed by atoms with Crippen molar-refractivity contribution >= 4 is 28.1 Å². The van der Waals surface area contributed by atoms with Crippen molar-refractivity contribution in [2.75, 3.05) is 13.2 Å². The summed E-state index contributed by atoms with van der Waals surface area (Å²) in [4.78, 5) is 22.1. The number of benzene rings is 1. The van der Waals surface area contributed by atoms with Crippen molar-refractivity contribution in [2.45, 2.75) is 25.4 Å². The molecule has 0 radical (unpaired) electrons. The van der Waals surface area contributed by atoms with Crippen LogP contribution in [0.5, 0.6) is 5.88 Å². The molecule has 6 nitrogen and oxygen atoms in total. The Morgan fingerprint density at radius 3 is 2.85 bits per heavy atom. The predicted octanol–water partition coefficient (Wildman–Crippen LogP) is 3.12. The van der Waals surface area contributed by atoms with E-state index >= 15 is 0 Å². The fraction of sp³-hybridized carbons (Fsp3) is 0.350. The molecule has 1 aliphatic rings. The number of thiophene rings is 1. The number of carbonyl (C=O) groups excluding carboxylic acids is 1. The highest BCUT2D eigenvalue weighted by Crippen LogP contribution is 2.31. The maximum Gasteiger partial charge on any atom is 0.289 e. The van der Waals surface area contributed by atoms with Crippen LogP contribution in [0.1, 0.15) is 35.3 Å². The van der Waals surface area contributed by atoms with Gasteiger partial charge in [0.25, 0.3) is 5.91 Å². The summed E-state index contributed by atoms with van der Waals surface area (Å²) in [7, 11) is 0. The van der Waals surface area contributed by atoms with Gasteiger partial charge < -0.3 is 15.2 Å². The Labute approximate surface area is 161 Å². The molecule has 27 heavy (non-hydrogen) atoms. The third kappa shape index (κ3) is 4.09. The molecule has 2 aromatic heterocycles. The van der Waals surface area contributed by atoms with Gasteiger partial charge in [0.1, 0.15) is 5.60 Å². The number of para-hydroxylation sites is 1. The summed E-state index contributed by atoms with van der Waals surface area (Å²) in [6.07, 6.45) is 2.35. The Morgan fingerprint density at radius 1 is 1.30 bits per heavy atom. The molecule has 0 unspecified atom stereocenters. The maximum absolute atomic E-state index is 12.6. The molecular weight excluding hydrogens is 362 g/mol. The van der Waals surface area contributed by atoms with Crippen LogP contribution in [0.3, 0.4) is 0 Å². The standard InChI is InChI=1S/C20H21N3O3S/c1-20(25,16-7-4-10-27-16)12-21-18(24)17-22-15-6-3-2-5-14(15)19(23-17)26-11-13-8-9-13/h2-7,10,13,25H,8-9,11-12H2,1H3,(H,21,24)/t20-/m0/s1. The van der Waals surface area contributed by atoms with Crippen LogP contribution < -0.4 is 10.1 Å². The molecule has 2 heterocycles. The number of hydrogen-bond acceptors (Lipinski definition) is 6. The predicted molar refractivity (Wildman–Crippen MR) is 104 cm³/mol. The fourth-order valence-electron chi connectivity index (χ4n) is 2.74. The normalized spacial score (nSPS) is 16.1. The first-order valence-electron chi connectivity index (χ1n) is 8.97. The number of nitrogens with one attached hydrogen (secondary N) is 1. The molecule has 1 amide bonds. The van der Waals surface area contributed by atoms with E-state index in [1.807, 2.05) is 41.8 Å². The van der Waals surface area contributed by atoms with E-state index in [-0.39, 0.29) is 12.4 Å². The highest BCUT2D eigenvalue weighted by Gasteiger charge is 2.26. The van der Waals surface area contributed by atoms with E-state index in [1.165, 1.54) is 24.2 Å². The van der Waals surface area contributed by atoms with Gasteiger partial charge in [0.05, 0.1) is 24.1 Å². The molecule has 0 aliphatic heterocycles. The number of amides is 1. The zero-order chi connectivity index (χ0) is 18.9. The number of fused-ring (bicyclic) bond motifs is 1. The maximum atomic E-state index is 12.6. The zero-order valence-electron chi connectivity index (χ0n) is 15.0. The van der Waals surface area contributed by atoms with Gasteiger partial charge in [0, 0.05) is 4.88 Å². The second-order valence-electron chi connectivity index (χ2n) is 7.06. The minimum Gasteiger partial charge on any atom is -0.477 e. The first kappa shape index (κ1) is 17.9. The van der Waals surface area contributed by atoms with Gasteiger partial charge >= 0.3 is 0 Å². The van der Waals surface area contributed by atoms with E-state index in [9.17, 15) is 9.90 Å². The van der Waals surface area contributed by atoms with E-state index in [4.69, 9.17) is 4.74 Å². The Hall–Kier alpha value is -2.51. The van der Waals surface area contributed by atoms with Crippen LogP contribution in [0.2, 0.25) is 0 Å². The van der Waals surface area contributed by atoms with Crippen LogP contribution in [0.4, 0.5) is 0 Å². The van der Waals surface area contributed by atoms with Crippen molar-refractivity contribution in [2.24, 2.45) is 5.92 Å². The summed E-state index contributed by atoms with van der Waals surface area (Å²) in [6, 6.07) is 11.2. The number of rotatable bonds is 7. The van der Waals surface area contributed by atoms with E-state index in [2.05, 4.69) is 15.3 Å². The number of nitrogens with zero attached hydrogens (tertiary/aromatic N) is 2. The number of aliphatic hydroxyl groups is 1. The summed E-state index contributed by atoms with van der Waals surface area (Å²) in [5, 5.41) is 16.0. The van der Waals surface area contributed by atoms with E-state index in [0.717, 1.165) is 10.3 Å². The van der Waals surface area contributed by atoms with Gasteiger partial charge in [-0.25, -0.2) is 4.98 Å². The van der Waals surface area contributed by atoms with Crippen LogP contribution in [-0.2, 0) is 5.60 Å². The third-order valence-corrected chi connectivity index (χ3v) is 5.69. The highest BCUT2D eigenvalue weighted by atomic mass is 32.1. The summed E-state index contributed by atoms with van der Waals surface area (Å²) < 4.78 is 5.86. The summed E-state index contributed by atoms with van der Waals surface area (Å²) >= 11 is 1.44. The second kappa shape index (κ2) is 7.25. The number of ether oxygens (including phenoxy) is 1. The van der Waals surface area contributed by atoms with Gasteiger partial charge in [-0.3, -0.25) is 4.79 Å². The molecule has 0 saturated heterocycles. The Kier molecular flexibility index (Phi) is 4.80. The van der Waals surface area contributed by atoms with E-state index in [1.54, 1.807) is 6.92 Å². The lowest BCUT2D eigenvalue weighted by molar-refractivity contribution is 0.0553. The first-order chi connectivity index (χ1) is 13.0. The van der Waals surface area contributed by atoms with Crippen molar-refractivity contribution in [1.29, 1.82) is 0 Å². The number of aromatic nitrogens is 2. The lowest BCUT2D eigenvalue weighted by Gasteiger charge is -2.22. The van der Waals surface area contributed by atoms with Gasteiger partial charge in [-0.15, -0.1) is 11.3 Å². The van der Waals surface area contributed by atoms with Gasteiger partial charge in [-0.1, -0.05) is 18.2 Å². The van der Waals surface area contributed by atoms with Gasteiger partial charge in [-0.05, 0) is 49.3 Å². The molecule has 0 bridgehead atoms. The lowest BCUT2D eigenvalue weighted by Crippen LogP contribution is -2.38. The molecule has 1 aromatic carbocycles.